The van der Waals surface area contributed by atoms with Crippen molar-refractivity contribution in [2.45, 2.75) is 13.8 Å². The fourth-order valence-electron chi connectivity index (χ4n) is 1.47. The maximum Gasteiger partial charge on any atom is 0.213 e. The number of halogens is 1. The Morgan fingerprint density at radius 1 is 1.50 bits per heavy atom. The van der Waals surface area contributed by atoms with Crippen LogP contribution in [0.15, 0.2) is 17.8 Å². The lowest BCUT2D eigenvalue weighted by Crippen LogP contribution is -2.06. The summed E-state index contributed by atoms with van der Waals surface area (Å²) in [5.74, 6) is -0.0165. The molecule has 5 nitrogen and oxygen atoms in total. The second-order valence-corrected chi connectivity index (χ2v) is 4.41. The molecule has 0 saturated heterocycles. The van der Waals surface area contributed by atoms with E-state index in [1.54, 1.807) is 26.3 Å². The van der Waals surface area contributed by atoms with E-state index in [1.807, 2.05) is 6.07 Å². The van der Waals surface area contributed by atoms with Crippen molar-refractivity contribution in [3.8, 4) is 11.9 Å². The minimum absolute atomic E-state index is 0.0798. The van der Waals surface area contributed by atoms with Crippen molar-refractivity contribution < 1.29 is 14.3 Å². The predicted molar refractivity (Wildman–Crippen MR) is 75.4 cm³/mol. The molecule has 0 amide bonds. The van der Waals surface area contributed by atoms with Gasteiger partial charge in [-0.3, -0.25) is 4.79 Å². The molecule has 0 saturated carbocycles. The van der Waals surface area contributed by atoms with Crippen LogP contribution in [0.25, 0.3) is 5.03 Å². The quantitative estimate of drug-likeness (QED) is 0.458. The summed E-state index contributed by atoms with van der Waals surface area (Å²) >= 11 is 6.13. The Morgan fingerprint density at radius 3 is 2.75 bits per heavy atom. The van der Waals surface area contributed by atoms with Gasteiger partial charge >= 0.3 is 0 Å². The van der Waals surface area contributed by atoms with Gasteiger partial charge in [-0.25, -0.2) is 4.98 Å². The number of aromatic nitrogens is 1. The number of nitriles is 1. The van der Waals surface area contributed by atoms with E-state index < -0.39 is 0 Å². The first-order valence-electron chi connectivity index (χ1n) is 5.90. The molecule has 0 spiro atoms. The number of rotatable bonds is 6. The number of ether oxygens (including phenoxy) is 2. The van der Waals surface area contributed by atoms with Gasteiger partial charge in [0.05, 0.1) is 11.6 Å². The summed E-state index contributed by atoms with van der Waals surface area (Å²) in [6.07, 6.45) is 1.58. The molecule has 106 valence electrons. The SMILES string of the molecule is COCCOc1cc(/C(Cl)=C(/C#N)C(C)=O)c(C)cn1. The fraction of sp³-hybridized carbons (Fsp3) is 0.357. The van der Waals surface area contributed by atoms with Crippen LogP contribution in [-0.4, -0.2) is 31.1 Å². The van der Waals surface area contributed by atoms with Crippen LogP contribution in [0.2, 0.25) is 0 Å². The molecule has 1 aromatic heterocycles. The Labute approximate surface area is 122 Å². The van der Waals surface area contributed by atoms with Crippen LogP contribution in [0.3, 0.4) is 0 Å². The van der Waals surface area contributed by atoms with Crippen LogP contribution in [0.5, 0.6) is 5.88 Å². The standard InChI is InChI=1S/C14H15ClN2O3/c1-9-8-17-13(20-5-4-19-3)6-11(9)14(15)12(7-16)10(2)18/h6,8H,4-5H2,1-3H3/b14-12+. The third-order valence-corrected chi connectivity index (χ3v) is 2.93. The number of methoxy groups -OCH3 is 1. The molecule has 20 heavy (non-hydrogen) atoms. The van der Waals surface area contributed by atoms with Crippen molar-refractivity contribution >= 4 is 22.4 Å². The van der Waals surface area contributed by atoms with Crippen LogP contribution in [0.1, 0.15) is 18.1 Å². The molecule has 1 rings (SSSR count). The van der Waals surface area contributed by atoms with Crippen LogP contribution in [0, 0.1) is 18.3 Å². The minimum Gasteiger partial charge on any atom is -0.475 e. The zero-order chi connectivity index (χ0) is 15.1. The molecule has 0 aromatic carbocycles. The molecule has 0 aliphatic carbocycles. The number of pyridine rings is 1. The molecule has 1 aromatic rings. The van der Waals surface area contributed by atoms with E-state index in [0.717, 1.165) is 5.56 Å². The number of allylic oxidation sites excluding steroid dienone is 1. The van der Waals surface area contributed by atoms with Crippen molar-refractivity contribution in [2.24, 2.45) is 0 Å². The number of carbonyl (C=O) groups excluding carboxylic acids is 1. The second-order valence-electron chi connectivity index (χ2n) is 4.04. The summed E-state index contributed by atoms with van der Waals surface area (Å²) in [4.78, 5) is 15.5. The normalized spacial score (nSPS) is 11.6. The van der Waals surface area contributed by atoms with E-state index in [-0.39, 0.29) is 16.4 Å². The van der Waals surface area contributed by atoms with Crippen LogP contribution in [0.4, 0.5) is 0 Å². The maximum atomic E-state index is 11.4. The van der Waals surface area contributed by atoms with Crippen LogP contribution >= 0.6 is 11.6 Å². The molecule has 0 bridgehead atoms. The minimum atomic E-state index is -0.379. The summed E-state index contributed by atoms with van der Waals surface area (Å²) < 4.78 is 10.3. The molecule has 0 unspecified atom stereocenters. The lowest BCUT2D eigenvalue weighted by molar-refractivity contribution is -0.113. The monoisotopic (exact) mass is 294 g/mol. The highest BCUT2D eigenvalue weighted by atomic mass is 35.5. The fourth-order valence-corrected chi connectivity index (χ4v) is 1.85. The predicted octanol–water partition coefficient (Wildman–Crippen LogP) is 2.48. The lowest BCUT2D eigenvalue weighted by Gasteiger charge is -2.09. The first-order chi connectivity index (χ1) is 9.51. The molecule has 0 atom stereocenters. The summed E-state index contributed by atoms with van der Waals surface area (Å²) in [6, 6.07) is 3.42. The van der Waals surface area contributed by atoms with E-state index in [9.17, 15) is 4.79 Å². The third-order valence-electron chi connectivity index (χ3n) is 2.54. The van der Waals surface area contributed by atoms with Crippen molar-refractivity contribution in [1.29, 1.82) is 5.26 Å². The molecule has 1 heterocycles. The molecule has 0 fully saturated rings. The van der Waals surface area contributed by atoms with Gasteiger partial charge in [-0.2, -0.15) is 5.26 Å². The lowest BCUT2D eigenvalue weighted by atomic mass is 10.1. The number of hydrogen-bond donors (Lipinski definition) is 0. The highest BCUT2D eigenvalue weighted by Gasteiger charge is 2.14. The largest absolute Gasteiger partial charge is 0.475 e. The molecular formula is C14H15ClN2O3. The van der Waals surface area contributed by atoms with E-state index in [1.165, 1.54) is 6.92 Å². The first-order valence-corrected chi connectivity index (χ1v) is 6.28. The van der Waals surface area contributed by atoms with Gasteiger partial charge in [0, 0.05) is 24.9 Å². The molecular weight excluding hydrogens is 280 g/mol. The Kier molecular flexibility index (Phi) is 6.16. The van der Waals surface area contributed by atoms with Crippen molar-refractivity contribution in [2.75, 3.05) is 20.3 Å². The van der Waals surface area contributed by atoms with Crippen molar-refractivity contribution in [3.05, 3.63) is 29.0 Å². The van der Waals surface area contributed by atoms with Gasteiger partial charge in [-0.15, -0.1) is 0 Å². The van der Waals surface area contributed by atoms with E-state index >= 15 is 0 Å². The van der Waals surface area contributed by atoms with Gasteiger partial charge in [0.25, 0.3) is 0 Å². The Hall–Kier alpha value is -1.90. The number of carbonyl (C=O) groups is 1. The number of hydrogen-bond acceptors (Lipinski definition) is 5. The zero-order valence-corrected chi connectivity index (χ0v) is 12.3. The molecule has 0 aliphatic heterocycles. The number of Topliss-reactive ketones (excluding diaryl/α,β-unsaturated/α-hetero) is 1. The summed E-state index contributed by atoms with van der Waals surface area (Å²) in [6.45, 7) is 3.88. The van der Waals surface area contributed by atoms with Gasteiger partial charge < -0.3 is 9.47 Å². The smallest absolute Gasteiger partial charge is 0.213 e. The third kappa shape index (κ3) is 4.05. The van der Waals surface area contributed by atoms with Crippen LogP contribution < -0.4 is 4.74 Å². The topological polar surface area (TPSA) is 72.2 Å². The Balaban J connectivity index is 3.14. The van der Waals surface area contributed by atoms with Gasteiger partial charge in [0.1, 0.15) is 18.2 Å². The van der Waals surface area contributed by atoms with Crippen molar-refractivity contribution in [3.63, 3.8) is 0 Å². The second kappa shape index (κ2) is 7.63. The Morgan fingerprint density at radius 2 is 2.20 bits per heavy atom. The average molecular weight is 295 g/mol. The molecule has 0 N–H and O–H groups in total. The van der Waals surface area contributed by atoms with E-state index in [4.69, 9.17) is 26.3 Å². The summed E-state index contributed by atoms with van der Waals surface area (Å²) in [5.41, 5.74) is 1.23. The van der Waals surface area contributed by atoms with Gasteiger partial charge in [-0.05, 0) is 19.4 Å². The van der Waals surface area contributed by atoms with Gasteiger partial charge in [-0.1, -0.05) is 11.6 Å². The summed E-state index contributed by atoms with van der Waals surface area (Å²) in [7, 11) is 1.57. The number of aryl methyl sites for hydroxylation is 1. The van der Waals surface area contributed by atoms with Crippen molar-refractivity contribution in [1.82, 2.24) is 4.98 Å². The summed E-state index contributed by atoms with van der Waals surface area (Å²) in [5, 5.41) is 9.09. The molecule has 0 aliphatic rings. The average Bonchev–Trinajstić information content (AvgIpc) is 2.41. The number of ketones is 1. The van der Waals surface area contributed by atoms with Gasteiger partial charge in [0.15, 0.2) is 5.78 Å². The van der Waals surface area contributed by atoms with Gasteiger partial charge in [0.2, 0.25) is 5.88 Å². The van der Waals surface area contributed by atoms with E-state index in [0.29, 0.717) is 24.7 Å². The Bertz CT molecular complexity index is 576. The highest BCUT2D eigenvalue weighted by Crippen LogP contribution is 2.28. The zero-order valence-electron chi connectivity index (χ0n) is 11.6. The number of nitrogens with zero attached hydrogens (tertiary/aromatic N) is 2. The first kappa shape index (κ1) is 16.2. The molecule has 6 heteroatoms. The molecule has 0 radical (unpaired) electrons. The maximum absolute atomic E-state index is 11.4. The van der Waals surface area contributed by atoms with E-state index in [2.05, 4.69) is 4.98 Å². The van der Waals surface area contributed by atoms with Crippen LogP contribution in [-0.2, 0) is 9.53 Å². The highest BCUT2D eigenvalue weighted by molar-refractivity contribution is 6.51.